The smallest absolute Gasteiger partial charge is 0.314 e. The van der Waals surface area contributed by atoms with Gasteiger partial charge in [-0.1, -0.05) is 5.16 Å². The van der Waals surface area contributed by atoms with Crippen LogP contribution in [0.25, 0.3) is 0 Å². The molecule has 7 nitrogen and oxygen atoms in total. The molecule has 130 valence electrons. The van der Waals surface area contributed by atoms with Crippen molar-refractivity contribution in [2.75, 3.05) is 19.0 Å². The fraction of sp³-hybridized carbons (Fsp3) is 0.706. The minimum absolute atomic E-state index is 0.228. The molecule has 0 atom stereocenters. The predicted octanol–water partition coefficient (Wildman–Crippen LogP) is 1.57. The topological polar surface area (TPSA) is 93.5 Å². The SMILES string of the molecule is COC1(CNC(=O)C(=O)Nc2ccon2)C2CC3CC(C2)CC1C3. The lowest BCUT2D eigenvalue weighted by atomic mass is 9.49. The molecule has 5 rings (SSSR count). The van der Waals surface area contributed by atoms with Crippen LogP contribution in [0, 0.1) is 23.7 Å². The number of amides is 2. The minimum atomic E-state index is -0.737. The number of carbonyl (C=O) groups excluding carboxylic acids is 2. The quantitative estimate of drug-likeness (QED) is 0.816. The fourth-order valence-corrected chi connectivity index (χ4v) is 5.42. The average Bonchev–Trinajstić information content (AvgIpc) is 3.07. The van der Waals surface area contributed by atoms with E-state index >= 15 is 0 Å². The predicted molar refractivity (Wildman–Crippen MR) is 84.9 cm³/mol. The van der Waals surface area contributed by atoms with Crippen molar-refractivity contribution in [1.82, 2.24) is 10.5 Å². The highest BCUT2D eigenvalue weighted by Crippen LogP contribution is 2.59. The first kappa shape index (κ1) is 15.6. The van der Waals surface area contributed by atoms with Gasteiger partial charge in [-0.05, 0) is 55.8 Å². The van der Waals surface area contributed by atoms with Gasteiger partial charge >= 0.3 is 11.8 Å². The summed E-state index contributed by atoms with van der Waals surface area (Å²) in [5, 5.41) is 8.75. The molecule has 4 aliphatic carbocycles. The van der Waals surface area contributed by atoms with Gasteiger partial charge in [0.05, 0.1) is 5.60 Å². The maximum absolute atomic E-state index is 12.1. The number of ether oxygens (including phenoxy) is 1. The molecule has 1 aromatic rings. The molecule has 0 aliphatic heterocycles. The lowest BCUT2D eigenvalue weighted by Crippen LogP contribution is -2.63. The summed E-state index contributed by atoms with van der Waals surface area (Å²) < 4.78 is 10.6. The summed E-state index contributed by atoms with van der Waals surface area (Å²) in [5.74, 6) is 1.44. The van der Waals surface area contributed by atoms with Gasteiger partial charge in [-0.25, -0.2) is 0 Å². The maximum Gasteiger partial charge on any atom is 0.314 e. The van der Waals surface area contributed by atoms with E-state index in [1.54, 1.807) is 7.11 Å². The van der Waals surface area contributed by atoms with Gasteiger partial charge in [-0.15, -0.1) is 0 Å². The zero-order valence-corrected chi connectivity index (χ0v) is 13.8. The lowest BCUT2D eigenvalue weighted by molar-refractivity contribution is -0.188. The summed E-state index contributed by atoms with van der Waals surface area (Å²) in [6.07, 6.45) is 7.43. The second-order valence-corrected chi connectivity index (χ2v) is 7.48. The second kappa shape index (κ2) is 5.88. The average molecular weight is 333 g/mol. The van der Waals surface area contributed by atoms with Gasteiger partial charge < -0.3 is 14.6 Å². The first-order chi connectivity index (χ1) is 11.6. The maximum atomic E-state index is 12.1. The third-order valence-corrected chi connectivity index (χ3v) is 6.31. The van der Waals surface area contributed by atoms with Crippen molar-refractivity contribution in [1.29, 1.82) is 0 Å². The van der Waals surface area contributed by atoms with Crippen LogP contribution in [-0.4, -0.2) is 36.2 Å². The fourth-order valence-electron chi connectivity index (χ4n) is 5.42. The van der Waals surface area contributed by atoms with Crippen LogP contribution in [0.5, 0.6) is 0 Å². The van der Waals surface area contributed by atoms with Gasteiger partial charge in [0.25, 0.3) is 0 Å². The van der Waals surface area contributed by atoms with E-state index in [1.807, 2.05) is 0 Å². The molecule has 4 fully saturated rings. The van der Waals surface area contributed by atoms with Crippen LogP contribution in [0.15, 0.2) is 16.9 Å². The van der Waals surface area contributed by atoms with Crippen molar-refractivity contribution in [2.24, 2.45) is 23.7 Å². The van der Waals surface area contributed by atoms with Crippen molar-refractivity contribution >= 4 is 17.6 Å². The molecule has 1 aromatic heterocycles. The van der Waals surface area contributed by atoms with E-state index in [-0.39, 0.29) is 11.4 Å². The van der Waals surface area contributed by atoms with E-state index in [4.69, 9.17) is 4.74 Å². The molecular formula is C17H23N3O4. The van der Waals surface area contributed by atoms with Gasteiger partial charge in [0.1, 0.15) is 6.26 Å². The summed E-state index contributed by atoms with van der Waals surface area (Å²) in [6, 6.07) is 1.49. The van der Waals surface area contributed by atoms with E-state index in [0.29, 0.717) is 18.4 Å². The van der Waals surface area contributed by atoms with E-state index < -0.39 is 11.8 Å². The molecule has 4 saturated carbocycles. The molecule has 0 unspecified atom stereocenters. The van der Waals surface area contributed by atoms with Crippen LogP contribution in [-0.2, 0) is 14.3 Å². The monoisotopic (exact) mass is 333 g/mol. The highest BCUT2D eigenvalue weighted by atomic mass is 16.5. The van der Waals surface area contributed by atoms with Crippen molar-refractivity contribution in [2.45, 2.75) is 37.7 Å². The second-order valence-electron chi connectivity index (χ2n) is 7.48. The van der Waals surface area contributed by atoms with Gasteiger partial charge in [0.2, 0.25) is 0 Å². The third kappa shape index (κ3) is 2.51. The molecule has 2 N–H and O–H groups in total. The summed E-state index contributed by atoms with van der Waals surface area (Å²) >= 11 is 0. The Morgan fingerprint density at radius 2 is 1.88 bits per heavy atom. The number of nitrogens with one attached hydrogen (secondary N) is 2. The molecule has 24 heavy (non-hydrogen) atoms. The number of hydrogen-bond donors (Lipinski definition) is 2. The minimum Gasteiger partial charge on any atom is -0.376 e. The summed E-state index contributed by atoms with van der Waals surface area (Å²) in [4.78, 5) is 24.1. The standard InChI is InChI=1S/C17H23N3O4/c1-23-17(12-5-10-4-11(7-12)8-13(17)6-10)9-18-15(21)16(22)19-14-2-3-24-20-14/h2-3,10-13H,4-9H2,1H3,(H,18,21)(H,19,20,22). The molecule has 0 saturated heterocycles. The zero-order valence-electron chi connectivity index (χ0n) is 13.8. The van der Waals surface area contributed by atoms with E-state index in [1.165, 1.54) is 44.4 Å². The number of carbonyl (C=O) groups is 2. The summed E-state index contributed by atoms with van der Waals surface area (Å²) in [5.41, 5.74) is -0.322. The molecule has 7 heteroatoms. The van der Waals surface area contributed by atoms with E-state index in [2.05, 4.69) is 20.3 Å². The first-order valence-corrected chi connectivity index (χ1v) is 8.65. The van der Waals surface area contributed by atoms with Crippen LogP contribution in [0.4, 0.5) is 5.82 Å². The number of aromatic nitrogens is 1. The summed E-state index contributed by atoms with van der Waals surface area (Å²) in [6.45, 7) is 0.392. The van der Waals surface area contributed by atoms with E-state index in [9.17, 15) is 9.59 Å². The normalized spacial score (nSPS) is 36.5. The Morgan fingerprint density at radius 3 is 2.42 bits per heavy atom. The Labute approximate surface area is 140 Å². The molecule has 0 aromatic carbocycles. The zero-order chi connectivity index (χ0) is 16.7. The van der Waals surface area contributed by atoms with Crippen LogP contribution < -0.4 is 10.6 Å². The molecule has 4 aliphatic rings. The Bertz CT molecular complexity index is 600. The molecule has 4 bridgehead atoms. The number of methoxy groups -OCH3 is 1. The molecule has 0 spiro atoms. The van der Waals surface area contributed by atoms with Crippen LogP contribution in [0.3, 0.4) is 0 Å². The van der Waals surface area contributed by atoms with Crippen molar-refractivity contribution in [3.63, 3.8) is 0 Å². The Kier molecular flexibility index (Phi) is 3.83. The van der Waals surface area contributed by atoms with Crippen molar-refractivity contribution < 1.29 is 18.8 Å². The van der Waals surface area contributed by atoms with Crippen LogP contribution in [0.1, 0.15) is 32.1 Å². The number of nitrogens with zero attached hydrogens (tertiary/aromatic N) is 1. The molecule has 2 amide bonds. The number of hydrogen-bond acceptors (Lipinski definition) is 5. The highest BCUT2D eigenvalue weighted by molar-refractivity contribution is 6.39. The molecule has 0 radical (unpaired) electrons. The Hall–Kier alpha value is -1.89. The summed E-state index contributed by atoms with van der Waals surface area (Å²) in [7, 11) is 1.74. The number of anilines is 1. The lowest BCUT2D eigenvalue weighted by Gasteiger charge is -2.60. The van der Waals surface area contributed by atoms with Gasteiger partial charge in [-0.3, -0.25) is 14.9 Å². The van der Waals surface area contributed by atoms with Gasteiger partial charge in [0, 0.05) is 19.7 Å². The van der Waals surface area contributed by atoms with Crippen molar-refractivity contribution in [3.8, 4) is 0 Å². The number of rotatable bonds is 4. The Balaban J connectivity index is 1.40. The van der Waals surface area contributed by atoms with Crippen LogP contribution >= 0.6 is 0 Å². The van der Waals surface area contributed by atoms with Gasteiger partial charge in [-0.2, -0.15) is 0 Å². The highest BCUT2D eigenvalue weighted by Gasteiger charge is 2.57. The van der Waals surface area contributed by atoms with E-state index in [0.717, 1.165) is 11.8 Å². The molecular weight excluding hydrogens is 310 g/mol. The third-order valence-electron chi connectivity index (χ3n) is 6.31. The van der Waals surface area contributed by atoms with Crippen LogP contribution in [0.2, 0.25) is 0 Å². The van der Waals surface area contributed by atoms with Gasteiger partial charge in [0.15, 0.2) is 5.82 Å². The van der Waals surface area contributed by atoms with Crippen molar-refractivity contribution in [3.05, 3.63) is 12.3 Å². The largest absolute Gasteiger partial charge is 0.376 e. The molecule has 1 heterocycles. The first-order valence-electron chi connectivity index (χ1n) is 8.65. The Morgan fingerprint density at radius 1 is 1.21 bits per heavy atom.